The van der Waals surface area contributed by atoms with Gasteiger partial charge in [0.1, 0.15) is 5.82 Å². The van der Waals surface area contributed by atoms with Crippen molar-refractivity contribution in [1.82, 2.24) is 4.98 Å². The normalized spacial score (nSPS) is 25.6. The molecule has 2 N–H and O–H groups in total. The van der Waals surface area contributed by atoms with Crippen molar-refractivity contribution in [2.75, 3.05) is 5.73 Å². The van der Waals surface area contributed by atoms with Crippen LogP contribution in [0.1, 0.15) is 38.2 Å². The zero-order valence-electron chi connectivity index (χ0n) is 9.86. The quantitative estimate of drug-likeness (QED) is 0.852. The van der Waals surface area contributed by atoms with E-state index in [1.54, 1.807) is 6.20 Å². The second-order valence-corrected chi connectivity index (χ2v) is 4.70. The third-order valence-electron chi connectivity index (χ3n) is 3.34. The van der Waals surface area contributed by atoms with Crippen LogP contribution in [0.3, 0.4) is 0 Å². The van der Waals surface area contributed by atoms with Gasteiger partial charge < -0.3 is 10.5 Å². The van der Waals surface area contributed by atoms with Crippen LogP contribution in [0.15, 0.2) is 18.3 Å². The summed E-state index contributed by atoms with van der Waals surface area (Å²) in [6.45, 7) is 2.94. The predicted molar refractivity (Wildman–Crippen MR) is 64.9 cm³/mol. The zero-order valence-corrected chi connectivity index (χ0v) is 9.86. The fraction of sp³-hybridized carbons (Fsp3) is 0.615. The van der Waals surface area contributed by atoms with Crippen LogP contribution in [0.25, 0.3) is 0 Å². The summed E-state index contributed by atoms with van der Waals surface area (Å²) in [5, 5.41) is 0. The molecule has 16 heavy (non-hydrogen) atoms. The van der Waals surface area contributed by atoms with E-state index in [0.29, 0.717) is 24.4 Å². The number of rotatable bonds is 3. The molecule has 0 radical (unpaired) electrons. The number of hydrogen-bond donors (Lipinski definition) is 1. The summed E-state index contributed by atoms with van der Waals surface area (Å²) in [5.41, 5.74) is 6.64. The van der Waals surface area contributed by atoms with Gasteiger partial charge in [0.05, 0.1) is 12.7 Å². The largest absolute Gasteiger partial charge is 0.384 e. The number of hydrogen-bond acceptors (Lipinski definition) is 3. The maximum absolute atomic E-state index is 5.94. The van der Waals surface area contributed by atoms with Crippen molar-refractivity contribution >= 4 is 5.82 Å². The van der Waals surface area contributed by atoms with E-state index < -0.39 is 0 Å². The maximum Gasteiger partial charge on any atom is 0.123 e. The molecular formula is C13H20N2O. The van der Waals surface area contributed by atoms with E-state index in [1.165, 1.54) is 25.7 Å². The average Bonchev–Trinajstić information content (AvgIpc) is 2.30. The number of ether oxygens (including phenoxy) is 1. The van der Waals surface area contributed by atoms with Crippen molar-refractivity contribution in [1.29, 1.82) is 0 Å². The lowest BCUT2D eigenvalue weighted by molar-refractivity contribution is -0.0155. The van der Waals surface area contributed by atoms with E-state index in [9.17, 15) is 0 Å². The predicted octanol–water partition coefficient (Wildman–Crippen LogP) is 2.76. The summed E-state index contributed by atoms with van der Waals surface area (Å²) in [6, 6.07) is 3.80. The molecule has 3 nitrogen and oxygen atoms in total. The lowest BCUT2D eigenvalue weighted by Crippen LogP contribution is -2.25. The molecule has 1 aliphatic carbocycles. The lowest BCUT2D eigenvalue weighted by atomic mass is 9.88. The topological polar surface area (TPSA) is 48.1 Å². The fourth-order valence-electron chi connectivity index (χ4n) is 2.25. The van der Waals surface area contributed by atoms with Gasteiger partial charge in [0.25, 0.3) is 0 Å². The number of nitrogens with zero attached hydrogens (tertiary/aromatic N) is 1. The van der Waals surface area contributed by atoms with Gasteiger partial charge in [-0.25, -0.2) is 4.98 Å². The number of aromatic nitrogens is 1. The Morgan fingerprint density at radius 1 is 1.38 bits per heavy atom. The highest BCUT2D eigenvalue weighted by Crippen LogP contribution is 2.26. The van der Waals surface area contributed by atoms with Gasteiger partial charge in [-0.2, -0.15) is 0 Å². The van der Waals surface area contributed by atoms with Gasteiger partial charge in [-0.3, -0.25) is 0 Å². The van der Waals surface area contributed by atoms with Crippen molar-refractivity contribution in [2.45, 2.75) is 45.3 Å². The van der Waals surface area contributed by atoms with Crippen molar-refractivity contribution in [3.05, 3.63) is 23.9 Å². The third kappa shape index (κ3) is 2.95. The van der Waals surface area contributed by atoms with Crippen molar-refractivity contribution in [3.8, 4) is 0 Å². The molecule has 2 atom stereocenters. The minimum atomic E-state index is 0.423. The molecule has 3 heteroatoms. The molecule has 0 bridgehead atoms. The number of nitrogens with two attached hydrogens (primary N) is 1. The van der Waals surface area contributed by atoms with Gasteiger partial charge in [-0.1, -0.05) is 25.8 Å². The summed E-state index contributed by atoms with van der Waals surface area (Å²) in [5.74, 6) is 1.25. The van der Waals surface area contributed by atoms with Gasteiger partial charge in [-0.15, -0.1) is 0 Å². The van der Waals surface area contributed by atoms with Crippen molar-refractivity contribution < 1.29 is 4.74 Å². The fourth-order valence-corrected chi connectivity index (χ4v) is 2.25. The standard InChI is InChI=1S/C13H20N2O/c1-10-4-2-3-5-12(10)16-9-11-6-7-13(14)15-8-11/h6-8,10,12H,2-5,9H2,1H3,(H2,14,15). The first-order chi connectivity index (χ1) is 7.75. The van der Waals surface area contributed by atoms with Crippen LogP contribution in [-0.4, -0.2) is 11.1 Å². The highest BCUT2D eigenvalue weighted by molar-refractivity contribution is 5.28. The monoisotopic (exact) mass is 220 g/mol. The van der Waals surface area contributed by atoms with Crippen LogP contribution in [0.2, 0.25) is 0 Å². The Morgan fingerprint density at radius 3 is 2.88 bits per heavy atom. The van der Waals surface area contributed by atoms with Gasteiger partial charge in [0.15, 0.2) is 0 Å². The SMILES string of the molecule is CC1CCCCC1OCc1ccc(N)nc1. The Morgan fingerprint density at radius 2 is 2.19 bits per heavy atom. The molecular weight excluding hydrogens is 200 g/mol. The Bertz CT molecular complexity index is 323. The summed E-state index contributed by atoms with van der Waals surface area (Å²) in [7, 11) is 0. The van der Waals surface area contributed by atoms with Crippen LogP contribution >= 0.6 is 0 Å². The Kier molecular flexibility index (Phi) is 3.78. The Hall–Kier alpha value is -1.09. The zero-order chi connectivity index (χ0) is 11.4. The number of anilines is 1. The minimum absolute atomic E-state index is 0.423. The van der Waals surface area contributed by atoms with Crippen LogP contribution in [-0.2, 0) is 11.3 Å². The highest BCUT2D eigenvalue weighted by Gasteiger charge is 2.21. The highest BCUT2D eigenvalue weighted by atomic mass is 16.5. The number of nitrogen functional groups attached to an aromatic ring is 1. The summed E-state index contributed by atoms with van der Waals surface area (Å²) >= 11 is 0. The first-order valence-electron chi connectivity index (χ1n) is 6.07. The Labute approximate surface area is 97.0 Å². The molecule has 0 aromatic carbocycles. The molecule has 0 spiro atoms. The molecule has 0 aliphatic heterocycles. The lowest BCUT2D eigenvalue weighted by Gasteiger charge is -2.28. The average molecular weight is 220 g/mol. The van der Waals surface area contributed by atoms with Crippen LogP contribution < -0.4 is 5.73 Å². The first kappa shape index (κ1) is 11.4. The van der Waals surface area contributed by atoms with E-state index >= 15 is 0 Å². The molecule has 1 aromatic heterocycles. The molecule has 1 fully saturated rings. The maximum atomic E-state index is 5.94. The van der Waals surface area contributed by atoms with E-state index in [-0.39, 0.29) is 0 Å². The summed E-state index contributed by atoms with van der Waals surface area (Å²) < 4.78 is 5.94. The second-order valence-electron chi connectivity index (χ2n) is 4.70. The summed E-state index contributed by atoms with van der Waals surface area (Å²) in [6.07, 6.45) is 7.36. The van der Waals surface area contributed by atoms with Gasteiger partial charge in [-0.05, 0) is 30.4 Å². The molecule has 2 unspecified atom stereocenters. The Balaban J connectivity index is 1.84. The molecule has 0 saturated heterocycles. The van der Waals surface area contributed by atoms with Crippen molar-refractivity contribution in [3.63, 3.8) is 0 Å². The second kappa shape index (κ2) is 5.30. The van der Waals surface area contributed by atoms with E-state index in [2.05, 4.69) is 11.9 Å². The van der Waals surface area contributed by atoms with Crippen LogP contribution in [0.5, 0.6) is 0 Å². The van der Waals surface area contributed by atoms with E-state index in [0.717, 1.165) is 5.56 Å². The molecule has 1 aliphatic rings. The third-order valence-corrected chi connectivity index (χ3v) is 3.34. The minimum Gasteiger partial charge on any atom is -0.384 e. The van der Waals surface area contributed by atoms with Crippen LogP contribution in [0, 0.1) is 5.92 Å². The van der Waals surface area contributed by atoms with Gasteiger partial charge in [0.2, 0.25) is 0 Å². The van der Waals surface area contributed by atoms with E-state index in [4.69, 9.17) is 10.5 Å². The molecule has 2 rings (SSSR count). The molecule has 1 saturated carbocycles. The van der Waals surface area contributed by atoms with Gasteiger partial charge in [0, 0.05) is 6.20 Å². The molecule has 88 valence electrons. The van der Waals surface area contributed by atoms with Crippen molar-refractivity contribution in [2.24, 2.45) is 5.92 Å². The smallest absolute Gasteiger partial charge is 0.123 e. The number of pyridine rings is 1. The first-order valence-corrected chi connectivity index (χ1v) is 6.07. The van der Waals surface area contributed by atoms with E-state index in [1.807, 2.05) is 12.1 Å². The van der Waals surface area contributed by atoms with Gasteiger partial charge >= 0.3 is 0 Å². The molecule has 1 heterocycles. The molecule has 1 aromatic rings. The molecule has 0 amide bonds. The van der Waals surface area contributed by atoms with Crippen LogP contribution in [0.4, 0.5) is 5.82 Å². The summed E-state index contributed by atoms with van der Waals surface area (Å²) in [4.78, 5) is 4.06.